The minimum Gasteiger partial charge on any atom is -0.482 e. The Bertz CT molecular complexity index is 627. The number of ether oxygens (including phenoxy) is 2. The quantitative estimate of drug-likeness (QED) is 0.760. The average Bonchev–Trinajstić information content (AvgIpc) is 2.43. The van der Waals surface area contributed by atoms with E-state index in [9.17, 15) is 4.79 Å². The summed E-state index contributed by atoms with van der Waals surface area (Å²) in [5, 5.41) is 0. The first-order valence-electron chi connectivity index (χ1n) is 6.14. The van der Waals surface area contributed by atoms with Crippen molar-refractivity contribution in [2.75, 3.05) is 18.1 Å². The number of nitrogen functional groups attached to an aromatic ring is 2. The molecule has 2 aromatic rings. The van der Waals surface area contributed by atoms with Crippen LogP contribution in [0.1, 0.15) is 11.4 Å². The molecular formula is C13H15N5O3. The summed E-state index contributed by atoms with van der Waals surface area (Å²) >= 11 is 0. The summed E-state index contributed by atoms with van der Waals surface area (Å²) in [6, 6.07) is 7.37. The molecule has 1 aromatic heterocycles. The molecule has 0 aliphatic rings. The van der Waals surface area contributed by atoms with Gasteiger partial charge < -0.3 is 20.9 Å². The number of para-hydroxylation sites is 1. The lowest BCUT2D eigenvalue weighted by Gasteiger charge is -2.08. The van der Waals surface area contributed by atoms with E-state index in [0.29, 0.717) is 5.75 Å². The first kappa shape index (κ1) is 14.5. The number of anilines is 2. The molecule has 0 radical (unpaired) electrons. The maximum Gasteiger partial charge on any atom is 0.344 e. The number of aryl methyl sites for hydroxylation is 1. The van der Waals surface area contributed by atoms with Gasteiger partial charge in [0.25, 0.3) is 0 Å². The van der Waals surface area contributed by atoms with Gasteiger partial charge in [0.1, 0.15) is 5.75 Å². The van der Waals surface area contributed by atoms with E-state index in [1.165, 1.54) is 0 Å². The number of aromatic nitrogens is 3. The molecule has 0 atom stereocenters. The fourth-order valence-corrected chi connectivity index (χ4v) is 1.56. The lowest BCUT2D eigenvalue weighted by molar-refractivity contribution is -0.147. The second-order valence-corrected chi connectivity index (χ2v) is 4.18. The van der Waals surface area contributed by atoms with Crippen molar-refractivity contribution in [3.05, 3.63) is 35.7 Å². The number of rotatable bonds is 5. The van der Waals surface area contributed by atoms with E-state index in [1.807, 2.05) is 25.1 Å². The van der Waals surface area contributed by atoms with Crippen LogP contribution in [0.15, 0.2) is 24.3 Å². The molecule has 0 unspecified atom stereocenters. The summed E-state index contributed by atoms with van der Waals surface area (Å²) in [5.74, 6) is 0.220. The molecule has 8 heteroatoms. The van der Waals surface area contributed by atoms with Gasteiger partial charge in [-0.2, -0.15) is 15.0 Å². The van der Waals surface area contributed by atoms with Crippen LogP contribution in [0.3, 0.4) is 0 Å². The van der Waals surface area contributed by atoms with Crippen LogP contribution in [0.5, 0.6) is 5.75 Å². The van der Waals surface area contributed by atoms with E-state index < -0.39 is 5.97 Å². The highest BCUT2D eigenvalue weighted by molar-refractivity contribution is 5.71. The Hall–Kier alpha value is -2.90. The predicted molar refractivity (Wildman–Crippen MR) is 75.1 cm³/mol. The van der Waals surface area contributed by atoms with Gasteiger partial charge in [0.05, 0.1) is 0 Å². The maximum atomic E-state index is 11.6. The third-order valence-corrected chi connectivity index (χ3v) is 2.52. The first-order chi connectivity index (χ1) is 10.0. The minimum absolute atomic E-state index is 0.0234. The van der Waals surface area contributed by atoms with Gasteiger partial charge in [0.15, 0.2) is 19.0 Å². The number of hydrogen-bond acceptors (Lipinski definition) is 8. The zero-order chi connectivity index (χ0) is 15.2. The highest BCUT2D eigenvalue weighted by atomic mass is 16.6. The second-order valence-electron chi connectivity index (χ2n) is 4.18. The summed E-state index contributed by atoms with van der Waals surface area (Å²) in [7, 11) is 0. The van der Waals surface area contributed by atoms with E-state index in [-0.39, 0.29) is 30.9 Å². The standard InChI is InChI=1S/C13H15N5O3/c1-8-4-2-3-5-9(8)20-7-11(19)21-6-10-16-12(14)18-13(15)17-10/h2-5H,6-7H2,1H3,(H4,14,15,16,17,18). The highest BCUT2D eigenvalue weighted by Crippen LogP contribution is 2.15. The van der Waals surface area contributed by atoms with Crippen LogP contribution < -0.4 is 16.2 Å². The fourth-order valence-electron chi connectivity index (χ4n) is 1.56. The van der Waals surface area contributed by atoms with Crippen LogP contribution in [-0.2, 0) is 16.1 Å². The largest absolute Gasteiger partial charge is 0.482 e. The normalized spacial score (nSPS) is 10.1. The van der Waals surface area contributed by atoms with E-state index >= 15 is 0 Å². The third-order valence-electron chi connectivity index (χ3n) is 2.52. The molecule has 4 N–H and O–H groups in total. The van der Waals surface area contributed by atoms with E-state index in [2.05, 4.69) is 15.0 Å². The molecule has 1 aromatic carbocycles. The molecule has 0 spiro atoms. The molecule has 0 saturated heterocycles. The molecule has 0 saturated carbocycles. The Kier molecular flexibility index (Phi) is 4.50. The number of nitrogens with two attached hydrogens (primary N) is 2. The summed E-state index contributed by atoms with van der Waals surface area (Å²) in [4.78, 5) is 22.8. The minimum atomic E-state index is -0.546. The molecule has 0 amide bonds. The van der Waals surface area contributed by atoms with Gasteiger partial charge in [0.2, 0.25) is 11.9 Å². The maximum absolute atomic E-state index is 11.6. The van der Waals surface area contributed by atoms with Crippen molar-refractivity contribution in [1.82, 2.24) is 15.0 Å². The van der Waals surface area contributed by atoms with Crippen molar-refractivity contribution in [2.45, 2.75) is 13.5 Å². The average molecular weight is 289 g/mol. The van der Waals surface area contributed by atoms with Gasteiger partial charge >= 0.3 is 5.97 Å². The molecule has 2 rings (SSSR count). The van der Waals surface area contributed by atoms with E-state index in [0.717, 1.165) is 5.56 Å². The van der Waals surface area contributed by atoms with Crippen LogP contribution in [-0.4, -0.2) is 27.5 Å². The first-order valence-corrected chi connectivity index (χ1v) is 6.14. The molecule has 0 aliphatic carbocycles. The SMILES string of the molecule is Cc1ccccc1OCC(=O)OCc1nc(N)nc(N)n1. The van der Waals surface area contributed by atoms with Gasteiger partial charge in [-0.15, -0.1) is 0 Å². The lowest BCUT2D eigenvalue weighted by Crippen LogP contribution is -2.16. The Balaban J connectivity index is 1.84. The van der Waals surface area contributed by atoms with Gasteiger partial charge in [-0.1, -0.05) is 18.2 Å². The van der Waals surface area contributed by atoms with Gasteiger partial charge in [-0.3, -0.25) is 0 Å². The molecule has 8 nitrogen and oxygen atoms in total. The molecule has 1 heterocycles. The van der Waals surface area contributed by atoms with Crippen LogP contribution >= 0.6 is 0 Å². The van der Waals surface area contributed by atoms with Gasteiger partial charge in [-0.25, -0.2) is 4.79 Å². The Labute approximate surface area is 121 Å². The smallest absolute Gasteiger partial charge is 0.344 e. The van der Waals surface area contributed by atoms with Crippen molar-refractivity contribution >= 4 is 17.9 Å². The molecule has 110 valence electrons. The lowest BCUT2D eigenvalue weighted by atomic mass is 10.2. The summed E-state index contributed by atoms with van der Waals surface area (Å²) in [6.45, 7) is 1.53. The van der Waals surface area contributed by atoms with E-state index in [1.54, 1.807) is 6.07 Å². The second kappa shape index (κ2) is 6.51. The van der Waals surface area contributed by atoms with Crippen molar-refractivity contribution in [2.24, 2.45) is 0 Å². The topological polar surface area (TPSA) is 126 Å². The van der Waals surface area contributed by atoms with Crippen molar-refractivity contribution in [3.8, 4) is 5.75 Å². The summed E-state index contributed by atoms with van der Waals surface area (Å²) in [5.41, 5.74) is 11.8. The fraction of sp³-hybridized carbons (Fsp3) is 0.231. The third kappa shape index (κ3) is 4.30. The van der Waals surface area contributed by atoms with Crippen molar-refractivity contribution in [3.63, 3.8) is 0 Å². The molecular weight excluding hydrogens is 274 g/mol. The number of carbonyl (C=O) groups is 1. The number of benzene rings is 1. The number of esters is 1. The monoisotopic (exact) mass is 289 g/mol. The predicted octanol–water partition coefficient (Wildman–Crippen LogP) is 0.467. The van der Waals surface area contributed by atoms with Crippen molar-refractivity contribution < 1.29 is 14.3 Å². The number of carbonyl (C=O) groups excluding carboxylic acids is 1. The molecule has 0 fully saturated rings. The number of nitrogens with zero attached hydrogens (tertiary/aromatic N) is 3. The Morgan fingerprint density at radius 3 is 2.48 bits per heavy atom. The van der Waals surface area contributed by atoms with Gasteiger partial charge in [0, 0.05) is 0 Å². The van der Waals surface area contributed by atoms with Crippen LogP contribution in [0.4, 0.5) is 11.9 Å². The van der Waals surface area contributed by atoms with Gasteiger partial charge in [-0.05, 0) is 18.6 Å². The number of hydrogen-bond donors (Lipinski definition) is 2. The zero-order valence-corrected chi connectivity index (χ0v) is 11.4. The van der Waals surface area contributed by atoms with E-state index in [4.69, 9.17) is 20.9 Å². The molecule has 21 heavy (non-hydrogen) atoms. The van der Waals surface area contributed by atoms with Crippen LogP contribution in [0.2, 0.25) is 0 Å². The summed E-state index contributed by atoms with van der Waals surface area (Å²) < 4.78 is 10.3. The van der Waals surface area contributed by atoms with Crippen LogP contribution in [0.25, 0.3) is 0 Å². The Morgan fingerprint density at radius 2 is 1.81 bits per heavy atom. The summed E-state index contributed by atoms with van der Waals surface area (Å²) in [6.07, 6.45) is 0. The van der Waals surface area contributed by atoms with Crippen LogP contribution in [0, 0.1) is 6.92 Å². The zero-order valence-electron chi connectivity index (χ0n) is 11.4. The van der Waals surface area contributed by atoms with Crippen molar-refractivity contribution in [1.29, 1.82) is 0 Å². The Morgan fingerprint density at radius 1 is 1.14 bits per heavy atom. The molecule has 0 bridgehead atoms. The highest BCUT2D eigenvalue weighted by Gasteiger charge is 2.08. The molecule has 0 aliphatic heterocycles.